The number of hydrogen-bond acceptors (Lipinski definition) is 9. The maximum absolute atomic E-state index is 5.20. The lowest BCUT2D eigenvalue weighted by atomic mass is 10.2. The van der Waals surface area contributed by atoms with Crippen molar-refractivity contribution >= 4 is 28.6 Å². The van der Waals surface area contributed by atoms with E-state index in [1.165, 1.54) is 6.33 Å². The van der Waals surface area contributed by atoms with E-state index >= 15 is 0 Å². The number of aryl methyl sites for hydroxylation is 2. The van der Waals surface area contributed by atoms with Crippen LogP contribution in [-0.4, -0.2) is 63.0 Å². The van der Waals surface area contributed by atoms with Gasteiger partial charge >= 0.3 is 0 Å². The molecule has 3 aromatic rings. The third-order valence-corrected chi connectivity index (χ3v) is 4.72. The van der Waals surface area contributed by atoms with Gasteiger partial charge in [0.05, 0.1) is 12.8 Å². The van der Waals surface area contributed by atoms with Crippen LogP contribution in [0.15, 0.2) is 12.4 Å². The maximum Gasteiger partial charge on any atom is 0.228 e. The fourth-order valence-corrected chi connectivity index (χ4v) is 3.37. The summed E-state index contributed by atoms with van der Waals surface area (Å²) in [5, 5.41) is 11.4. The normalized spacial score (nSPS) is 14.5. The number of rotatable bonds is 6. The summed E-state index contributed by atoms with van der Waals surface area (Å²) in [7, 11) is 3.50. The molecule has 28 heavy (non-hydrogen) atoms. The van der Waals surface area contributed by atoms with Gasteiger partial charge in [-0.2, -0.15) is 10.1 Å². The minimum absolute atomic E-state index is 0.488. The summed E-state index contributed by atoms with van der Waals surface area (Å²) in [6, 6.07) is 1.74. The van der Waals surface area contributed by atoms with Crippen molar-refractivity contribution in [2.75, 3.05) is 43.5 Å². The largest absolute Gasteiger partial charge is 0.481 e. The summed E-state index contributed by atoms with van der Waals surface area (Å²) >= 11 is 0. The van der Waals surface area contributed by atoms with Gasteiger partial charge in [0, 0.05) is 39.3 Å². The predicted molar refractivity (Wildman–Crippen MR) is 107 cm³/mol. The van der Waals surface area contributed by atoms with Gasteiger partial charge in [-0.1, -0.05) is 13.3 Å². The van der Waals surface area contributed by atoms with Crippen LogP contribution in [0.3, 0.4) is 0 Å². The molecular weight excluding hydrogens is 358 g/mol. The molecule has 148 valence electrons. The minimum Gasteiger partial charge on any atom is -0.481 e. The molecule has 1 aliphatic rings. The van der Waals surface area contributed by atoms with Crippen molar-refractivity contribution in [3.05, 3.63) is 18.1 Å². The molecule has 0 aliphatic carbocycles. The number of methoxy groups -OCH3 is 1. The number of fused-ring (bicyclic) bond motifs is 1. The van der Waals surface area contributed by atoms with Crippen LogP contribution < -0.4 is 20.3 Å². The van der Waals surface area contributed by atoms with Crippen molar-refractivity contribution in [3.63, 3.8) is 0 Å². The van der Waals surface area contributed by atoms with E-state index in [0.29, 0.717) is 23.5 Å². The second kappa shape index (κ2) is 7.93. The van der Waals surface area contributed by atoms with Gasteiger partial charge in [0.15, 0.2) is 5.82 Å². The first kappa shape index (κ1) is 18.4. The molecular formula is C18H25N9O. The number of nitrogens with zero attached hydrogens (tertiary/aromatic N) is 7. The molecule has 4 rings (SSSR count). The van der Waals surface area contributed by atoms with Gasteiger partial charge in [0.1, 0.15) is 23.2 Å². The Morgan fingerprint density at radius 1 is 1.21 bits per heavy atom. The van der Waals surface area contributed by atoms with Crippen LogP contribution in [0.5, 0.6) is 5.88 Å². The third kappa shape index (κ3) is 3.55. The Morgan fingerprint density at radius 2 is 2.04 bits per heavy atom. The molecule has 2 N–H and O–H groups in total. The first-order valence-corrected chi connectivity index (χ1v) is 9.52. The Morgan fingerprint density at radius 3 is 2.79 bits per heavy atom. The smallest absolute Gasteiger partial charge is 0.228 e. The lowest BCUT2D eigenvalue weighted by Gasteiger charge is -2.27. The molecule has 4 heterocycles. The number of nitrogens with one attached hydrogen (secondary N) is 2. The second-order valence-corrected chi connectivity index (χ2v) is 6.70. The molecule has 0 radical (unpaired) electrons. The van der Waals surface area contributed by atoms with Gasteiger partial charge in [-0.3, -0.25) is 4.68 Å². The maximum atomic E-state index is 5.20. The van der Waals surface area contributed by atoms with Crippen molar-refractivity contribution in [3.8, 4) is 5.88 Å². The van der Waals surface area contributed by atoms with Gasteiger partial charge in [-0.25, -0.2) is 15.0 Å². The van der Waals surface area contributed by atoms with Crippen LogP contribution in [0, 0.1) is 0 Å². The van der Waals surface area contributed by atoms with Gasteiger partial charge in [-0.15, -0.1) is 0 Å². The molecule has 0 amide bonds. The fraction of sp³-hybridized carbons (Fsp3) is 0.500. The van der Waals surface area contributed by atoms with E-state index in [4.69, 9.17) is 14.7 Å². The Balaban J connectivity index is 1.81. The quantitative estimate of drug-likeness (QED) is 0.651. The number of piperazine rings is 1. The SMILES string of the molecule is CCCc1nn(C)c2c(Nc3cc(OC)ncn3)nc(N3CCNCC3)nc12. The highest BCUT2D eigenvalue weighted by molar-refractivity contribution is 5.90. The lowest BCUT2D eigenvalue weighted by Crippen LogP contribution is -2.44. The van der Waals surface area contributed by atoms with Crippen molar-refractivity contribution in [1.29, 1.82) is 0 Å². The fourth-order valence-electron chi connectivity index (χ4n) is 3.37. The average molecular weight is 383 g/mol. The first-order chi connectivity index (χ1) is 13.7. The van der Waals surface area contributed by atoms with Crippen molar-refractivity contribution in [1.82, 2.24) is 35.0 Å². The van der Waals surface area contributed by atoms with E-state index in [0.717, 1.165) is 55.7 Å². The number of hydrogen-bond donors (Lipinski definition) is 2. The summed E-state index contributed by atoms with van der Waals surface area (Å²) in [5.74, 6) is 2.48. The van der Waals surface area contributed by atoms with Crippen molar-refractivity contribution < 1.29 is 4.74 Å². The highest BCUT2D eigenvalue weighted by atomic mass is 16.5. The Kier molecular flexibility index (Phi) is 5.20. The molecule has 1 aliphatic heterocycles. The van der Waals surface area contributed by atoms with Crippen molar-refractivity contribution in [2.24, 2.45) is 7.05 Å². The molecule has 0 spiro atoms. The topological polar surface area (TPSA) is 106 Å². The summed E-state index contributed by atoms with van der Waals surface area (Å²) in [5.41, 5.74) is 2.73. The molecule has 1 fully saturated rings. The molecule has 10 heteroatoms. The van der Waals surface area contributed by atoms with E-state index in [2.05, 4.69) is 37.5 Å². The number of aromatic nitrogens is 6. The number of anilines is 3. The zero-order valence-electron chi connectivity index (χ0n) is 16.4. The van der Waals surface area contributed by atoms with E-state index in [-0.39, 0.29) is 0 Å². The predicted octanol–water partition coefficient (Wildman–Crippen LogP) is 1.27. The van der Waals surface area contributed by atoms with Gasteiger partial charge in [0.25, 0.3) is 0 Å². The van der Waals surface area contributed by atoms with Gasteiger partial charge in [0.2, 0.25) is 11.8 Å². The van der Waals surface area contributed by atoms with E-state index in [9.17, 15) is 0 Å². The molecule has 0 bridgehead atoms. The van der Waals surface area contributed by atoms with E-state index < -0.39 is 0 Å². The number of ether oxygens (including phenoxy) is 1. The molecule has 0 unspecified atom stereocenters. The standard InChI is InChI=1S/C18H25N9O/c1-4-5-12-15-16(26(2)25-12)17(22-13-10-14(28-3)21-11-20-13)24-18(23-15)27-8-6-19-7-9-27/h10-11,19H,4-9H2,1-3H3,(H,20,21,22,23,24). The first-order valence-electron chi connectivity index (χ1n) is 9.52. The lowest BCUT2D eigenvalue weighted by molar-refractivity contribution is 0.397. The minimum atomic E-state index is 0.488. The molecule has 0 aromatic carbocycles. The van der Waals surface area contributed by atoms with Crippen LogP contribution >= 0.6 is 0 Å². The molecule has 1 saturated heterocycles. The summed E-state index contributed by atoms with van der Waals surface area (Å²) < 4.78 is 7.04. The highest BCUT2D eigenvalue weighted by Gasteiger charge is 2.21. The summed E-state index contributed by atoms with van der Waals surface area (Å²) in [4.78, 5) is 20.3. The van der Waals surface area contributed by atoms with Crippen LogP contribution in [0.1, 0.15) is 19.0 Å². The zero-order chi connectivity index (χ0) is 19.5. The van der Waals surface area contributed by atoms with E-state index in [1.54, 1.807) is 13.2 Å². The second-order valence-electron chi connectivity index (χ2n) is 6.70. The summed E-state index contributed by atoms with van der Waals surface area (Å²) in [6.07, 6.45) is 3.34. The zero-order valence-corrected chi connectivity index (χ0v) is 16.4. The Labute approximate surface area is 163 Å². The van der Waals surface area contributed by atoms with Gasteiger partial charge in [-0.05, 0) is 6.42 Å². The van der Waals surface area contributed by atoms with Crippen LogP contribution in [-0.2, 0) is 13.5 Å². The average Bonchev–Trinajstić information content (AvgIpc) is 3.05. The molecule has 0 atom stereocenters. The third-order valence-electron chi connectivity index (χ3n) is 4.72. The monoisotopic (exact) mass is 383 g/mol. The van der Waals surface area contributed by atoms with Crippen LogP contribution in [0.4, 0.5) is 17.6 Å². The van der Waals surface area contributed by atoms with E-state index in [1.807, 2.05) is 11.7 Å². The molecule has 0 saturated carbocycles. The Bertz CT molecular complexity index is 965. The molecule has 10 nitrogen and oxygen atoms in total. The summed E-state index contributed by atoms with van der Waals surface area (Å²) in [6.45, 7) is 5.72. The van der Waals surface area contributed by atoms with Gasteiger partial charge < -0.3 is 20.3 Å². The van der Waals surface area contributed by atoms with Crippen molar-refractivity contribution in [2.45, 2.75) is 19.8 Å². The van der Waals surface area contributed by atoms with Crippen LogP contribution in [0.2, 0.25) is 0 Å². The Hall–Kier alpha value is -3.01. The highest BCUT2D eigenvalue weighted by Crippen LogP contribution is 2.29. The van der Waals surface area contributed by atoms with Crippen LogP contribution in [0.25, 0.3) is 11.0 Å². The molecule has 3 aromatic heterocycles.